The number of amides is 4. The Kier molecular flexibility index (Phi) is 6.34. The lowest BCUT2D eigenvalue weighted by molar-refractivity contribution is -0.143. The molecule has 4 amide bonds. The Morgan fingerprint density at radius 2 is 1.81 bits per heavy atom. The molecule has 2 fully saturated rings. The van der Waals surface area contributed by atoms with Gasteiger partial charge in [-0.1, -0.05) is 30.3 Å². The normalized spacial score (nSPS) is 21.4. The summed E-state index contributed by atoms with van der Waals surface area (Å²) in [5.41, 5.74) is 3.24. The molecule has 3 heterocycles. The van der Waals surface area contributed by atoms with Crippen LogP contribution in [0, 0.1) is 0 Å². The van der Waals surface area contributed by atoms with Crippen molar-refractivity contribution in [3.63, 3.8) is 0 Å². The van der Waals surface area contributed by atoms with Crippen molar-refractivity contribution in [1.82, 2.24) is 15.1 Å². The summed E-state index contributed by atoms with van der Waals surface area (Å²) in [5.74, 6) is -0.414. The molecule has 0 spiro atoms. The van der Waals surface area contributed by atoms with Crippen LogP contribution in [0.15, 0.2) is 42.5 Å². The van der Waals surface area contributed by atoms with Crippen LogP contribution >= 0.6 is 0 Å². The Balaban J connectivity index is 1.27. The van der Waals surface area contributed by atoms with Gasteiger partial charge in [0.05, 0.1) is 13.2 Å². The molecule has 9 nitrogen and oxygen atoms in total. The first-order valence-corrected chi connectivity index (χ1v) is 12.1. The molecule has 2 aromatic rings. The fourth-order valence-electron chi connectivity index (χ4n) is 5.19. The number of carbonyl (C=O) groups is 4. The summed E-state index contributed by atoms with van der Waals surface area (Å²) in [4.78, 5) is 53.1. The van der Waals surface area contributed by atoms with Crippen molar-refractivity contribution in [3.8, 4) is 5.75 Å². The van der Waals surface area contributed by atoms with Gasteiger partial charge in [0.2, 0.25) is 17.7 Å². The second-order valence-electron chi connectivity index (χ2n) is 10.2. The summed E-state index contributed by atoms with van der Waals surface area (Å²) in [6.07, 6.45) is 0.169. The summed E-state index contributed by atoms with van der Waals surface area (Å²) in [6.45, 7) is 2.38. The summed E-state index contributed by atoms with van der Waals surface area (Å²) in [6, 6.07) is 12.5. The summed E-state index contributed by atoms with van der Waals surface area (Å²) < 4.78 is 11.3. The highest BCUT2D eigenvalue weighted by atomic mass is 16.5. The van der Waals surface area contributed by atoms with Crippen molar-refractivity contribution in [2.75, 3.05) is 19.8 Å². The number of nitrogens with one attached hydrogen (secondary N) is 1. The van der Waals surface area contributed by atoms with Crippen LogP contribution in [0.3, 0.4) is 0 Å². The maximum Gasteiger partial charge on any atom is 0.255 e. The van der Waals surface area contributed by atoms with E-state index in [4.69, 9.17) is 9.47 Å². The third-order valence-electron chi connectivity index (χ3n) is 7.01. The van der Waals surface area contributed by atoms with Gasteiger partial charge in [-0.25, -0.2) is 0 Å². The molecule has 184 valence electrons. The lowest BCUT2D eigenvalue weighted by atomic mass is 9.47. The first-order valence-electron chi connectivity index (χ1n) is 12.1. The molecule has 0 saturated carbocycles. The van der Waals surface area contributed by atoms with Crippen molar-refractivity contribution < 1.29 is 28.7 Å². The largest absolute Gasteiger partial charge is 0.489 e. The zero-order chi connectivity index (χ0) is 25.4. The number of hydrogen-bond donors (Lipinski definition) is 1. The quantitative estimate of drug-likeness (QED) is 0.431. The highest BCUT2D eigenvalue weighted by molar-refractivity contribution is 6.44. The number of morpholine rings is 1. The zero-order valence-corrected chi connectivity index (χ0v) is 20.4. The number of piperidine rings is 1. The molecule has 1 unspecified atom stereocenters. The van der Waals surface area contributed by atoms with Crippen molar-refractivity contribution in [2.24, 2.45) is 0 Å². The van der Waals surface area contributed by atoms with Crippen molar-refractivity contribution >= 4 is 39.3 Å². The lowest BCUT2D eigenvalue weighted by Crippen LogP contribution is -2.60. The van der Waals surface area contributed by atoms with Crippen LogP contribution in [0.1, 0.15) is 33.5 Å². The average Bonchev–Trinajstić information content (AvgIpc) is 3.15. The molecule has 2 aromatic carbocycles. The molecule has 0 aliphatic carbocycles. The molecule has 3 aliphatic heterocycles. The van der Waals surface area contributed by atoms with Crippen LogP contribution in [0.25, 0.3) is 0 Å². The van der Waals surface area contributed by atoms with Crippen LogP contribution in [-0.2, 0) is 38.8 Å². The minimum atomic E-state index is -0.742. The standard InChI is InChI=1S/C25H27B2N3O6/c26-25(27)10-20(31)28-23(33)22(25)30-12-18-17(24(30)34)2-1-3-19(18)36-13-16-6-4-15(5-7-16)11-29-8-9-35-14-21(29)32/h1-7,22H,8-14,26-27H2,(H,28,31,33). The molecular formula is C25H27B2N3O6. The number of benzene rings is 2. The summed E-state index contributed by atoms with van der Waals surface area (Å²) in [5, 5.41) is 1.70. The van der Waals surface area contributed by atoms with Gasteiger partial charge in [-0.05, 0) is 28.5 Å². The average molecular weight is 487 g/mol. The molecule has 36 heavy (non-hydrogen) atoms. The fourth-order valence-corrected chi connectivity index (χ4v) is 5.19. The van der Waals surface area contributed by atoms with Gasteiger partial charge in [0.1, 0.15) is 40.7 Å². The van der Waals surface area contributed by atoms with Crippen molar-refractivity contribution in [3.05, 3.63) is 64.7 Å². The third-order valence-corrected chi connectivity index (χ3v) is 7.01. The van der Waals surface area contributed by atoms with Crippen LogP contribution < -0.4 is 10.1 Å². The number of ether oxygens (including phenoxy) is 2. The molecule has 1 atom stereocenters. The van der Waals surface area contributed by atoms with Gasteiger partial charge in [0, 0.05) is 30.6 Å². The minimum Gasteiger partial charge on any atom is -0.489 e. The van der Waals surface area contributed by atoms with Gasteiger partial charge in [0.25, 0.3) is 5.91 Å². The highest BCUT2D eigenvalue weighted by Crippen LogP contribution is 2.40. The smallest absolute Gasteiger partial charge is 0.255 e. The number of rotatable bonds is 6. The Hall–Kier alpha value is -3.59. The Morgan fingerprint density at radius 1 is 1.06 bits per heavy atom. The fraction of sp³-hybridized carbons (Fsp3) is 0.360. The monoisotopic (exact) mass is 487 g/mol. The maximum absolute atomic E-state index is 13.2. The summed E-state index contributed by atoms with van der Waals surface area (Å²) >= 11 is 0. The number of nitrogens with zero attached hydrogens (tertiary/aromatic N) is 2. The van der Waals surface area contributed by atoms with E-state index in [1.54, 1.807) is 21.9 Å². The number of carbonyl (C=O) groups excluding carboxylic acids is 4. The van der Waals surface area contributed by atoms with E-state index >= 15 is 0 Å². The number of imide groups is 1. The van der Waals surface area contributed by atoms with Gasteiger partial charge in [0.15, 0.2) is 0 Å². The molecule has 0 aromatic heterocycles. The van der Waals surface area contributed by atoms with E-state index in [9.17, 15) is 19.2 Å². The van der Waals surface area contributed by atoms with Crippen LogP contribution in [-0.4, -0.2) is 74.9 Å². The molecular weight excluding hydrogens is 460 g/mol. The molecule has 2 saturated heterocycles. The van der Waals surface area contributed by atoms with Gasteiger partial charge < -0.3 is 19.3 Å². The molecule has 1 N–H and O–H groups in total. The zero-order valence-electron chi connectivity index (χ0n) is 20.4. The van der Waals surface area contributed by atoms with Crippen LogP contribution in [0.4, 0.5) is 0 Å². The Bertz CT molecular complexity index is 1230. The van der Waals surface area contributed by atoms with Gasteiger partial charge >= 0.3 is 0 Å². The van der Waals surface area contributed by atoms with Crippen LogP contribution in [0.2, 0.25) is 5.21 Å². The van der Waals surface area contributed by atoms with Crippen LogP contribution in [0.5, 0.6) is 5.75 Å². The highest BCUT2D eigenvalue weighted by Gasteiger charge is 2.49. The SMILES string of the molecule is BC1(B)CC(=O)NC(=O)C1N1Cc2c(OCc3ccc(CN4CCOCC4=O)cc3)cccc2C1=O. The van der Waals surface area contributed by atoms with E-state index < -0.39 is 17.2 Å². The third kappa shape index (κ3) is 4.63. The first-order chi connectivity index (χ1) is 17.2. The number of hydrogen-bond acceptors (Lipinski definition) is 6. The molecule has 11 heteroatoms. The second-order valence-corrected chi connectivity index (χ2v) is 10.2. The Labute approximate surface area is 210 Å². The van der Waals surface area contributed by atoms with E-state index in [1.165, 1.54) is 0 Å². The van der Waals surface area contributed by atoms with E-state index in [1.807, 2.05) is 46.0 Å². The summed E-state index contributed by atoms with van der Waals surface area (Å²) in [7, 11) is 3.67. The molecule has 0 radical (unpaired) electrons. The van der Waals surface area contributed by atoms with Gasteiger partial charge in [-0.2, -0.15) is 0 Å². The van der Waals surface area contributed by atoms with E-state index in [0.717, 1.165) is 16.7 Å². The van der Waals surface area contributed by atoms with E-state index in [0.29, 0.717) is 37.6 Å². The van der Waals surface area contributed by atoms with Crippen molar-refractivity contribution in [1.29, 1.82) is 0 Å². The number of fused-ring (bicyclic) bond motifs is 1. The maximum atomic E-state index is 13.2. The molecule has 0 bridgehead atoms. The van der Waals surface area contributed by atoms with E-state index in [-0.39, 0.29) is 37.3 Å². The van der Waals surface area contributed by atoms with Gasteiger partial charge in [-0.3, -0.25) is 24.5 Å². The Morgan fingerprint density at radius 3 is 2.53 bits per heavy atom. The van der Waals surface area contributed by atoms with Crippen molar-refractivity contribution in [2.45, 2.75) is 37.4 Å². The molecule has 3 aliphatic rings. The first kappa shape index (κ1) is 24.1. The van der Waals surface area contributed by atoms with Gasteiger partial charge in [-0.15, -0.1) is 0 Å². The predicted molar refractivity (Wildman–Crippen MR) is 135 cm³/mol. The molecule has 5 rings (SSSR count). The lowest BCUT2D eigenvalue weighted by Gasteiger charge is -2.41. The topological polar surface area (TPSA) is 105 Å². The second kappa shape index (κ2) is 9.46. The van der Waals surface area contributed by atoms with E-state index in [2.05, 4.69) is 5.32 Å². The predicted octanol–water partition coefficient (Wildman–Crippen LogP) is -0.622. The minimum absolute atomic E-state index is 0.00382.